The molecule has 0 aliphatic carbocycles. The van der Waals surface area contributed by atoms with Crippen molar-refractivity contribution in [2.75, 3.05) is 9.80 Å². The van der Waals surface area contributed by atoms with E-state index in [1.165, 1.54) is 72.2 Å². The molecule has 0 saturated carbocycles. The zero-order valence-corrected chi connectivity index (χ0v) is 58.5. The zero-order valence-electron chi connectivity index (χ0n) is 58.5. The van der Waals surface area contributed by atoms with Gasteiger partial charge in [-0.25, -0.2) is 0 Å². The van der Waals surface area contributed by atoms with E-state index >= 15 is 0 Å². The Morgan fingerprint density at radius 2 is 0.657 bits per heavy atom. The quantitative estimate of drug-likeness (QED) is 0.148. The molecule has 6 aliphatic rings. The Morgan fingerprint density at radius 1 is 0.245 bits per heavy atom. The molecule has 6 nitrogen and oxygen atoms in total. The van der Waals surface area contributed by atoms with Crippen molar-refractivity contribution < 1.29 is 18.9 Å². The maximum absolute atomic E-state index is 7.78. The number of fused-ring (bicyclic) bond motifs is 12. The molecule has 484 valence electrons. The lowest BCUT2D eigenvalue weighted by Crippen LogP contribution is -2.64. The summed E-state index contributed by atoms with van der Waals surface area (Å²) in [5.41, 5.74) is 38.4. The van der Waals surface area contributed by atoms with Gasteiger partial charge in [0.15, 0.2) is 0 Å². The van der Waals surface area contributed by atoms with E-state index in [0.29, 0.717) is 0 Å². The third-order valence-corrected chi connectivity index (χ3v) is 22.7. The normalized spacial score (nSPS) is 13.4. The fourth-order valence-electron chi connectivity index (χ4n) is 18.5. The van der Waals surface area contributed by atoms with Crippen molar-refractivity contribution in [3.8, 4) is 102 Å². The molecule has 0 aromatic heterocycles. The van der Waals surface area contributed by atoms with Gasteiger partial charge < -0.3 is 28.7 Å². The fraction of sp³-hybridized carbons (Fsp3) is 0.0968. The number of para-hydroxylation sites is 2. The molecule has 14 aromatic carbocycles. The van der Waals surface area contributed by atoms with E-state index < -0.39 is 0 Å². The van der Waals surface area contributed by atoms with Gasteiger partial charge in [-0.05, 0) is 255 Å². The standard InChI is InChI=1S/C93H69B3N2O4/c1-52-39-59(8)92(60(9)40-52)98-76-51-81-74(49-72(76)94-69-38-37-63(61-29-13-10-14-30-61)43-79(69)99-82-44-65(42-78(98)90(82)94)87-55(4)25-20-26-56(87)5)96-73-48-71-75(50-80(73)100-84-46-66(47-85(101-81)91(84)96)88-57(6)27-21-28-58(88)7)97(67-33-17-12-18-34-67)77-41-64(86-53(2)23-19-24-54(86)3)45-83-89(77)95(71)70-36-22-35-68(93(70)102-83)62-31-15-11-16-32-62/h10-51H,1-9H3. The number of anilines is 6. The number of hydrogen-bond acceptors (Lipinski definition) is 6. The highest BCUT2D eigenvalue weighted by Crippen LogP contribution is 2.51. The number of benzene rings is 14. The lowest BCUT2D eigenvalue weighted by molar-refractivity contribution is 0.465. The zero-order chi connectivity index (χ0) is 68.7. The Balaban J connectivity index is 0.879. The van der Waals surface area contributed by atoms with Crippen LogP contribution < -0.4 is 77.9 Å². The van der Waals surface area contributed by atoms with Crippen LogP contribution in [0.25, 0.3) is 55.6 Å². The summed E-state index contributed by atoms with van der Waals surface area (Å²) in [4.78, 5) is 5.02. The van der Waals surface area contributed by atoms with Crippen LogP contribution >= 0.6 is 0 Å². The van der Waals surface area contributed by atoms with Gasteiger partial charge in [-0.3, -0.25) is 0 Å². The van der Waals surface area contributed by atoms with Gasteiger partial charge in [0.05, 0.1) is 5.69 Å². The average Bonchev–Trinajstić information content (AvgIpc) is 0.694. The van der Waals surface area contributed by atoms with Crippen LogP contribution in [0.2, 0.25) is 0 Å². The molecule has 0 atom stereocenters. The molecule has 0 unspecified atom stereocenters. The Morgan fingerprint density at radius 3 is 1.19 bits per heavy atom. The predicted octanol–water partition coefficient (Wildman–Crippen LogP) is 18.3. The van der Waals surface area contributed by atoms with Crippen LogP contribution in [0.15, 0.2) is 255 Å². The third kappa shape index (κ3) is 8.96. The molecule has 0 amide bonds. The topological polar surface area (TPSA) is 43.4 Å². The van der Waals surface area contributed by atoms with Crippen molar-refractivity contribution in [3.63, 3.8) is 0 Å². The Labute approximate surface area is 597 Å². The van der Waals surface area contributed by atoms with Gasteiger partial charge in [0.1, 0.15) is 46.0 Å². The van der Waals surface area contributed by atoms with Gasteiger partial charge in [-0.1, -0.05) is 194 Å². The minimum atomic E-state index is -0.346. The first-order chi connectivity index (χ1) is 49.8. The van der Waals surface area contributed by atoms with E-state index in [1.54, 1.807) is 0 Å². The number of ether oxygens (including phenoxy) is 4. The molecule has 6 heterocycles. The van der Waals surface area contributed by atoms with Crippen LogP contribution in [0.3, 0.4) is 0 Å². The van der Waals surface area contributed by atoms with Crippen molar-refractivity contribution in [3.05, 3.63) is 305 Å². The molecule has 0 N–H and O–H groups in total. The number of hydrogen-bond donors (Lipinski definition) is 0. The summed E-state index contributed by atoms with van der Waals surface area (Å²) < 4.78 is 30.6. The van der Waals surface area contributed by atoms with E-state index in [0.717, 1.165) is 163 Å². The minimum absolute atomic E-state index is 0.242. The minimum Gasteiger partial charge on any atom is -0.458 e. The molecule has 102 heavy (non-hydrogen) atoms. The molecule has 0 radical (unpaired) electrons. The van der Waals surface area contributed by atoms with Gasteiger partial charge in [-0.15, -0.1) is 0 Å². The van der Waals surface area contributed by atoms with E-state index in [9.17, 15) is 0 Å². The smallest absolute Gasteiger partial charge is 0.260 e. The van der Waals surface area contributed by atoms with E-state index in [2.05, 4.69) is 327 Å². The van der Waals surface area contributed by atoms with Crippen LogP contribution in [-0.4, -0.2) is 20.1 Å². The first kappa shape index (κ1) is 60.1. The highest BCUT2D eigenvalue weighted by atomic mass is 16.5. The molecular weight excluding hydrogens is 1240 g/mol. The van der Waals surface area contributed by atoms with Crippen molar-refractivity contribution in [2.24, 2.45) is 0 Å². The summed E-state index contributed by atoms with van der Waals surface area (Å²) >= 11 is 0. The summed E-state index contributed by atoms with van der Waals surface area (Å²) in [6, 6.07) is 94.1. The second kappa shape index (κ2) is 22.5. The molecule has 0 saturated heterocycles. The summed E-state index contributed by atoms with van der Waals surface area (Å²) in [5, 5.41) is 0. The summed E-state index contributed by atoms with van der Waals surface area (Å²) in [6.07, 6.45) is 0. The van der Waals surface area contributed by atoms with Gasteiger partial charge in [0.25, 0.3) is 20.1 Å². The summed E-state index contributed by atoms with van der Waals surface area (Å²) in [7, 11) is 0. The Bertz CT molecular complexity index is 5900. The molecule has 9 heteroatoms. The van der Waals surface area contributed by atoms with Gasteiger partial charge in [0, 0.05) is 51.6 Å². The maximum atomic E-state index is 7.78. The molecule has 14 aromatic rings. The molecule has 0 fully saturated rings. The van der Waals surface area contributed by atoms with Crippen molar-refractivity contribution in [1.82, 2.24) is 0 Å². The molecule has 0 spiro atoms. The van der Waals surface area contributed by atoms with Crippen LogP contribution in [0, 0.1) is 62.3 Å². The maximum Gasteiger partial charge on any atom is 0.260 e. The van der Waals surface area contributed by atoms with Crippen LogP contribution in [-0.2, 0) is 0 Å². The fourth-order valence-corrected chi connectivity index (χ4v) is 18.5. The molecular formula is C93H69B3N2O4. The number of rotatable bonds is 7. The predicted molar refractivity (Wildman–Crippen MR) is 426 cm³/mol. The SMILES string of the molecule is Cc1cc(C)c(N2c3cc4c(cc3B3c5ccc(-c6ccccc6)cc5Oc5cc(-c6c(C)cccc6C)cc2c53)B2c3cc5c(cc3Oc3cc(-c6c(C)cccc6C)cc(c32)O4)N(c2ccccc2)c2cc(-c3c(C)cccc3C)cc3c2B5c2cccc(-c4ccccc4)c2O3)c(C)c1. The molecule has 6 aliphatic heterocycles. The first-order valence-corrected chi connectivity index (χ1v) is 35.7. The number of nitrogens with zero attached hydrogens (tertiary/aromatic N) is 2. The van der Waals surface area contributed by atoms with E-state index in [4.69, 9.17) is 18.9 Å². The van der Waals surface area contributed by atoms with Crippen LogP contribution in [0.4, 0.5) is 34.1 Å². The Kier molecular flexibility index (Phi) is 13.3. The monoisotopic (exact) mass is 1310 g/mol. The summed E-state index contributed by atoms with van der Waals surface area (Å²) in [5.74, 6) is 6.57. The van der Waals surface area contributed by atoms with E-state index in [1.807, 2.05) is 0 Å². The first-order valence-electron chi connectivity index (χ1n) is 35.7. The van der Waals surface area contributed by atoms with Crippen molar-refractivity contribution in [1.29, 1.82) is 0 Å². The highest BCUT2D eigenvalue weighted by molar-refractivity contribution is 7.03. The second-order valence-electron chi connectivity index (χ2n) is 29.1. The summed E-state index contributed by atoms with van der Waals surface area (Å²) in [6.45, 7) is 19.2. The van der Waals surface area contributed by atoms with Gasteiger partial charge in [-0.2, -0.15) is 0 Å². The molecule has 20 rings (SSSR count). The van der Waals surface area contributed by atoms with Crippen molar-refractivity contribution in [2.45, 2.75) is 62.3 Å². The largest absolute Gasteiger partial charge is 0.458 e. The average molecular weight is 1310 g/mol. The van der Waals surface area contributed by atoms with Crippen molar-refractivity contribution >= 4 is 103 Å². The third-order valence-electron chi connectivity index (χ3n) is 22.7. The Hall–Kier alpha value is -11.9. The van der Waals surface area contributed by atoms with Gasteiger partial charge >= 0.3 is 0 Å². The van der Waals surface area contributed by atoms with Crippen LogP contribution in [0.5, 0.6) is 46.0 Å². The molecule has 0 bridgehead atoms. The van der Waals surface area contributed by atoms with Gasteiger partial charge in [0.2, 0.25) is 0 Å². The highest BCUT2D eigenvalue weighted by Gasteiger charge is 2.50. The number of aryl methyl sites for hydroxylation is 9. The van der Waals surface area contributed by atoms with E-state index in [-0.39, 0.29) is 20.1 Å². The lowest BCUT2D eigenvalue weighted by Gasteiger charge is -2.43. The van der Waals surface area contributed by atoms with Crippen LogP contribution in [0.1, 0.15) is 50.1 Å². The lowest BCUT2D eigenvalue weighted by atomic mass is 9.30. The second-order valence-corrected chi connectivity index (χ2v) is 29.1.